The molecule has 1 atom stereocenters. The van der Waals surface area contributed by atoms with E-state index in [4.69, 9.17) is 9.47 Å². The third-order valence-electron chi connectivity index (χ3n) is 2.97. The number of urea groups is 1. The molecule has 1 aromatic rings. The Morgan fingerprint density at radius 2 is 1.76 bits per heavy atom. The molecule has 2 aliphatic heterocycles. The number of rotatable bonds is 4. The zero-order valence-electron chi connectivity index (χ0n) is 10.9. The molecule has 4 amide bonds. The van der Waals surface area contributed by atoms with Crippen molar-refractivity contribution in [1.29, 1.82) is 0 Å². The van der Waals surface area contributed by atoms with Crippen LogP contribution in [0.4, 0.5) is 4.79 Å². The Morgan fingerprint density at radius 1 is 1.14 bits per heavy atom. The van der Waals surface area contributed by atoms with Crippen molar-refractivity contribution in [2.75, 3.05) is 13.2 Å². The van der Waals surface area contributed by atoms with Gasteiger partial charge >= 0.3 is 6.03 Å². The van der Waals surface area contributed by atoms with Crippen molar-refractivity contribution in [3.63, 3.8) is 0 Å². The Labute approximate surface area is 119 Å². The minimum atomic E-state index is -0.812. The van der Waals surface area contributed by atoms with E-state index >= 15 is 0 Å². The summed E-state index contributed by atoms with van der Waals surface area (Å²) in [6.07, 6.45) is 1.59. The number of barbiturate groups is 1. The van der Waals surface area contributed by atoms with E-state index in [0.717, 1.165) is 6.61 Å². The van der Waals surface area contributed by atoms with Crippen molar-refractivity contribution in [3.05, 3.63) is 35.4 Å². The van der Waals surface area contributed by atoms with Gasteiger partial charge in [0.2, 0.25) is 0 Å². The number of hydrogen-bond donors (Lipinski definition) is 2. The number of amides is 4. The van der Waals surface area contributed by atoms with Crippen molar-refractivity contribution in [1.82, 2.24) is 10.6 Å². The monoisotopic (exact) mass is 288 g/mol. The van der Waals surface area contributed by atoms with Crippen LogP contribution in [0.5, 0.6) is 5.75 Å². The van der Waals surface area contributed by atoms with E-state index in [-0.39, 0.29) is 11.7 Å². The minimum absolute atomic E-state index is 0.116. The first-order valence-electron chi connectivity index (χ1n) is 6.34. The normalized spacial score (nSPS) is 20.7. The predicted molar refractivity (Wildman–Crippen MR) is 71.3 cm³/mol. The molecule has 3 rings (SSSR count). The summed E-state index contributed by atoms with van der Waals surface area (Å²) < 4.78 is 10.5. The number of carbonyl (C=O) groups excluding carboxylic acids is 3. The van der Waals surface area contributed by atoms with Crippen LogP contribution in [0, 0.1) is 0 Å². The molecule has 0 aromatic heterocycles. The largest absolute Gasteiger partial charge is 0.491 e. The summed E-state index contributed by atoms with van der Waals surface area (Å²) >= 11 is 0. The quantitative estimate of drug-likeness (QED) is 0.469. The molecular weight excluding hydrogens is 276 g/mol. The molecule has 0 spiro atoms. The standard InChI is InChI=1S/C14H12N2O5/c17-12-11(13(18)16-14(19)15-12)5-8-1-3-9(4-2-8)20-6-10-7-21-10/h1-5,10H,6-7H2,(H2,15,16,17,18,19). The lowest BCUT2D eigenvalue weighted by Gasteiger charge is -2.13. The van der Waals surface area contributed by atoms with E-state index in [0.29, 0.717) is 17.9 Å². The molecule has 0 bridgehead atoms. The third kappa shape index (κ3) is 3.26. The summed E-state index contributed by atoms with van der Waals surface area (Å²) in [5.41, 5.74) is 0.536. The van der Waals surface area contributed by atoms with Gasteiger partial charge in [-0.1, -0.05) is 12.1 Å². The zero-order chi connectivity index (χ0) is 14.8. The Morgan fingerprint density at radius 3 is 2.33 bits per heavy atom. The molecule has 7 heteroatoms. The summed E-state index contributed by atoms with van der Waals surface area (Å²) in [6.45, 7) is 1.24. The van der Waals surface area contributed by atoms with Gasteiger partial charge in [0.15, 0.2) is 0 Å². The van der Waals surface area contributed by atoms with E-state index in [1.165, 1.54) is 6.08 Å². The van der Waals surface area contributed by atoms with Gasteiger partial charge in [0.25, 0.3) is 11.8 Å². The molecule has 2 heterocycles. The highest BCUT2D eigenvalue weighted by Gasteiger charge is 2.27. The molecular formula is C14H12N2O5. The van der Waals surface area contributed by atoms with Gasteiger partial charge in [0.05, 0.1) is 6.61 Å². The topological polar surface area (TPSA) is 97.0 Å². The summed E-state index contributed by atoms with van der Waals surface area (Å²) in [5.74, 6) is -0.745. The molecule has 0 radical (unpaired) electrons. The van der Waals surface area contributed by atoms with Crippen LogP contribution >= 0.6 is 0 Å². The second-order valence-electron chi connectivity index (χ2n) is 4.63. The van der Waals surface area contributed by atoms with E-state index in [2.05, 4.69) is 0 Å². The van der Waals surface area contributed by atoms with Crippen LogP contribution in [0.25, 0.3) is 6.08 Å². The maximum atomic E-state index is 11.6. The molecule has 7 nitrogen and oxygen atoms in total. The average molecular weight is 288 g/mol. The molecule has 1 unspecified atom stereocenters. The van der Waals surface area contributed by atoms with Crippen LogP contribution < -0.4 is 15.4 Å². The summed E-state index contributed by atoms with van der Waals surface area (Å²) in [6, 6.07) is 6.09. The van der Waals surface area contributed by atoms with E-state index < -0.39 is 17.8 Å². The van der Waals surface area contributed by atoms with Gasteiger partial charge in [0.1, 0.15) is 24.0 Å². The second kappa shape index (κ2) is 5.37. The number of benzene rings is 1. The van der Waals surface area contributed by atoms with Crippen LogP contribution in [0.15, 0.2) is 29.8 Å². The number of nitrogens with one attached hydrogen (secondary N) is 2. The molecule has 0 aliphatic carbocycles. The Bertz CT molecular complexity index is 609. The Balaban J connectivity index is 1.70. The lowest BCUT2D eigenvalue weighted by atomic mass is 10.1. The van der Waals surface area contributed by atoms with Gasteiger partial charge in [-0.25, -0.2) is 4.79 Å². The first-order chi connectivity index (χ1) is 10.1. The van der Waals surface area contributed by atoms with Crippen LogP contribution in [0.2, 0.25) is 0 Å². The highest BCUT2D eigenvalue weighted by molar-refractivity contribution is 6.31. The van der Waals surface area contributed by atoms with Crippen LogP contribution in [-0.4, -0.2) is 37.2 Å². The molecule has 108 valence electrons. The van der Waals surface area contributed by atoms with Crippen molar-refractivity contribution in [2.24, 2.45) is 0 Å². The minimum Gasteiger partial charge on any atom is -0.491 e. The van der Waals surface area contributed by atoms with E-state index in [1.807, 2.05) is 10.6 Å². The molecule has 2 saturated heterocycles. The fourth-order valence-corrected chi connectivity index (χ4v) is 1.79. The molecule has 0 saturated carbocycles. The first kappa shape index (κ1) is 13.3. The third-order valence-corrected chi connectivity index (χ3v) is 2.97. The highest BCUT2D eigenvalue weighted by atomic mass is 16.6. The number of ether oxygens (including phenoxy) is 2. The molecule has 2 aliphatic rings. The van der Waals surface area contributed by atoms with E-state index in [9.17, 15) is 14.4 Å². The van der Waals surface area contributed by atoms with Crippen LogP contribution in [-0.2, 0) is 14.3 Å². The van der Waals surface area contributed by atoms with Crippen molar-refractivity contribution in [3.8, 4) is 5.75 Å². The van der Waals surface area contributed by atoms with Gasteiger partial charge in [-0.05, 0) is 23.8 Å². The zero-order valence-corrected chi connectivity index (χ0v) is 10.9. The number of hydrogen-bond acceptors (Lipinski definition) is 5. The van der Waals surface area contributed by atoms with Gasteiger partial charge in [-0.2, -0.15) is 0 Å². The first-order valence-corrected chi connectivity index (χ1v) is 6.34. The Hall–Kier alpha value is -2.67. The SMILES string of the molecule is O=C1NC(=O)C(=Cc2ccc(OCC3CO3)cc2)C(=O)N1. The average Bonchev–Trinajstić information content (AvgIpc) is 3.26. The fraction of sp³-hybridized carbons (Fsp3) is 0.214. The van der Waals surface area contributed by atoms with E-state index in [1.54, 1.807) is 24.3 Å². The summed E-state index contributed by atoms with van der Waals surface area (Å²) in [7, 11) is 0. The molecule has 2 N–H and O–H groups in total. The van der Waals surface area contributed by atoms with Crippen molar-refractivity contribution < 1.29 is 23.9 Å². The second-order valence-corrected chi connectivity index (χ2v) is 4.63. The van der Waals surface area contributed by atoms with Gasteiger partial charge < -0.3 is 9.47 Å². The number of epoxide rings is 1. The fourth-order valence-electron chi connectivity index (χ4n) is 1.79. The molecule has 2 fully saturated rings. The lowest BCUT2D eigenvalue weighted by molar-refractivity contribution is -0.123. The van der Waals surface area contributed by atoms with Gasteiger partial charge in [-0.15, -0.1) is 0 Å². The van der Waals surface area contributed by atoms with Gasteiger partial charge in [0, 0.05) is 0 Å². The maximum Gasteiger partial charge on any atom is 0.328 e. The van der Waals surface area contributed by atoms with Crippen LogP contribution in [0.3, 0.4) is 0 Å². The number of carbonyl (C=O) groups is 3. The molecule has 21 heavy (non-hydrogen) atoms. The highest BCUT2D eigenvalue weighted by Crippen LogP contribution is 2.17. The maximum absolute atomic E-state index is 11.6. The Kier molecular flexibility index (Phi) is 3.41. The van der Waals surface area contributed by atoms with Crippen molar-refractivity contribution in [2.45, 2.75) is 6.10 Å². The lowest BCUT2D eigenvalue weighted by Crippen LogP contribution is -2.51. The summed E-state index contributed by atoms with van der Waals surface area (Å²) in [4.78, 5) is 34.1. The summed E-state index contributed by atoms with van der Waals surface area (Å²) in [5, 5.41) is 4.03. The predicted octanol–water partition coefficient (Wildman–Crippen LogP) is 0.214. The number of imide groups is 2. The van der Waals surface area contributed by atoms with Crippen molar-refractivity contribution >= 4 is 23.9 Å². The van der Waals surface area contributed by atoms with Crippen LogP contribution in [0.1, 0.15) is 5.56 Å². The van der Waals surface area contributed by atoms with Gasteiger partial charge in [-0.3, -0.25) is 20.2 Å². The molecule has 1 aromatic carbocycles. The smallest absolute Gasteiger partial charge is 0.328 e.